The first kappa shape index (κ1) is 14.5. The van der Waals surface area contributed by atoms with E-state index in [-0.39, 0.29) is 0 Å². The Hall–Kier alpha value is -0.890. The average molecular weight is 389 g/mol. The van der Waals surface area contributed by atoms with Gasteiger partial charge in [-0.05, 0) is 44.0 Å². The number of nitrogens with zero attached hydrogens (tertiary/aromatic N) is 3. The van der Waals surface area contributed by atoms with Crippen LogP contribution >= 0.6 is 31.9 Å². The monoisotopic (exact) mass is 387 g/mol. The zero-order valence-corrected chi connectivity index (χ0v) is 13.5. The van der Waals surface area contributed by atoms with E-state index < -0.39 is 6.29 Å². The molecule has 0 atom stereocenters. The van der Waals surface area contributed by atoms with Crippen molar-refractivity contribution in [1.82, 2.24) is 15.0 Å². The van der Waals surface area contributed by atoms with Gasteiger partial charge in [0.15, 0.2) is 5.82 Å². The molecule has 2 aromatic rings. The highest BCUT2D eigenvalue weighted by atomic mass is 79.9. The summed E-state index contributed by atoms with van der Waals surface area (Å²) >= 11 is 6.80. The normalized spacial score (nSPS) is 11.0. The second-order valence-electron chi connectivity index (χ2n) is 3.59. The fourth-order valence-corrected chi connectivity index (χ4v) is 2.70. The van der Waals surface area contributed by atoms with Crippen molar-refractivity contribution in [2.75, 3.05) is 14.2 Å². The first-order valence-corrected chi connectivity index (χ1v) is 6.94. The lowest BCUT2D eigenvalue weighted by Gasteiger charge is -2.13. The van der Waals surface area contributed by atoms with Crippen molar-refractivity contribution in [3.63, 3.8) is 0 Å². The Labute approximate surface area is 127 Å². The van der Waals surface area contributed by atoms with Gasteiger partial charge in [-0.25, -0.2) is 9.97 Å². The molecule has 0 amide bonds. The zero-order chi connectivity index (χ0) is 13.8. The van der Waals surface area contributed by atoms with Crippen molar-refractivity contribution in [2.24, 2.45) is 0 Å². The van der Waals surface area contributed by atoms with Crippen LogP contribution in [0.25, 0.3) is 11.5 Å². The molecular formula is C12H11Br2N3O2. The smallest absolute Gasteiger partial charge is 0.200 e. The molecule has 2 aromatic heterocycles. The van der Waals surface area contributed by atoms with E-state index in [1.165, 1.54) is 0 Å². The second kappa shape index (κ2) is 6.51. The van der Waals surface area contributed by atoms with Gasteiger partial charge in [0.25, 0.3) is 0 Å². The Bertz CT molecular complexity index is 577. The van der Waals surface area contributed by atoms with Crippen molar-refractivity contribution in [1.29, 1.82) is 0 Å². The van der Waals surface area contributed by atoms with E-state index in [0.29, 0.717) is 17.2 Å². The van der Waals surface area contributed by atoms with E-state index in [9.17, 15) is 0 Å². The summed E-state index contributed by atoms with van der Waals surface area (Å²) in [5, 5.41) is 0. The highest BCUT2D eigenvalue weighted by molar-refractivity contribution is 9.11. The van der Waals surface area contributed by atoms with Gasteiger partial charge in [-0.3, -0.25) is 4.98 Å². The van der Waals surface area contributed by atoms with E-state index >= 15 is 0 Å². The largest absolute Gasteiger partial charge is 0.350 e. The summed E-state index contributed by atoms with van der Waals surface area (Å²) in [4.78, 5) is 12.9. The molecule has 0 spiro atoms. The number of halogens is 2. The summed E-state index contributed by atoms with van der Waals surface area (Å²) < 4.78 is 12.0. The quantitative estimate of drug-likeness (QED) is 0.751. The van der Waals surface area contributed by atoms with Crippen LogP contribution in [0.15, 0.2) is 33.5 Å². The highest BCUT2D eigenvalue weighted by Gasteiger charge is 2.14. The Balaban J connectivity index is 2.43. The van der Waals surface area contributed by atoms with Crippen molar-refractivity contribution in [3.8, 4) is 11.5 Å². The predicted octanol–water partition coefficient (Wildman–Crippen LogP) is 3.36. The molecular weight excluding hydrogens is 378 g/mol. The standard InChI is InChI=1S/C12H11Br2N3O2/c1-18-12(19-2)9-3-4-15-11(17-9)10-8(14)5-7(13)6-16-10/h3-6,12H,1-2H3. The van der Waals surface area contributed by atoms with Crippen LogP contribution in [0.2, 0.25) is 0 Å². The van der Waals surface area contributed by atoms with Gasteiger partial charge in [-0.2, -0.15) is 0 Å². The molecule has 100 valence electrons. The van der Waals surface area contributed by atoms with E-state index in [1.807, 2.05) is 6.07 Å². The Morgan fingerprint density at radius 1 is 1.16 bits per heavy atom. The maximum atomic E-state index is 5.17. The van der Waals surface area contributed by atoms with Gasteiger partial charge in [0, 0.05) is 35.6 Å². The van der Waals surface area contributed by atoms with Crippen LogP contribution in [0, 0.1) is 0 Å². The number of pyridine rings is 1. The number of aromatic nitrogens is 3. The van der Waals surface area contributed by atoms with Crippen molar-refractivity contribution in [2.45, 2.75) is 6.29 Å². The lowest BCUT2D eigenvalue weighted by Crippen LogP contribution is -2.07. The van der Waals surface area contributed by atoms with Gasteiger partial charge in [-0.1, -0.05) is 0 Å². The third-order valence-corrected chi connectivity index (χ3v) is 3.40. The molecule has 0 radical (unpaired) electrons. The molecule has 0 unspecified atom stereocenters. The molecule has 19 heavy (non-hydrogen) atoms. The molecule has 0 N–H and O–H groups in total. The number of rotatable bonds is 4. The van der Waals surface area contributed by atoms with Crippen LogP contribution in [-0.2, 0) is 9.47 Å². The maximum absolute atomic E-state index is 5.17. The van der Waals surface area contributed by atoms with Gasteiger partial charge in [-0.15, -0.1) is 0 Å². The SMILES string of the molecule is COC(OC)c1ccnc(-c2ncc(Br)cc2Br)n1. The molecule has 0 fully saturated rings. The second-order valence-corrected chi connectivity index (χ2v) is 5.36. The van der Waals surface area contributed by atoms with Gasteiger partial charge in [0.1, 0.15) is 11.4 Å². The summed E-state index contributed by atoms with van der Waals surface area (Å²) in [6, 6.07) is 3.64. The predicted molar refractivity (Wildman–Crippen MR) is 77.4 cm³/mol. The van der Waals surface area contributed by atoms with Gasteiger partial charge >= 0.3 is 0 Å². The van der Waals surface area contributed by atoms with Crippen LogP contribution in [0.1, 0.15) is 12.0 Å². The summed E-state index contributed by atoms with van der Waals surface area (Å²) in [6.45, 7) is 0. The lowest BCUT2D eigenvalue weighted by molar-refractivity contribution is -0.108. The highest BCUT2D eigenvalue weighted by Crippen LogP contribution is 2.27. The van der Waals surface area contributed by atoms with Crippen LogP contribution in [0.5, 0.6) is 0 Å². The van der Waals surface area contributed by atoms with Crippen molar-refractivity contribution >= 4 is 31.9 Å². The fourth-order valence-electron chi connectivity index (χ4n) is 1.53. The average Bonchev–Trinajstić information content (AvgIpc) is 2.40. The minimum atomic E-state index is -0.518. The molecule has 2 heterocycles. The van der Waals surface area contributed by atoms with E-state index in [0.717, 1.165) is 8.95 Å². The Kier molecular flexibility index (Phi) is 4.98. The number of methoxy groups -OCH3 is 2. The number of hydrogen-bond acceptors (Lipinski definition) is 5. The summed E-state index contributed by atoms with van der Waals surface area (Å²) in [5.41, 5.74) is 1.31. The Morgan fingerprint density at radius 3 is 2.53 bits per heavy atom. The van der Waals surface area contributed by atoms with Gasteiger partial charge in [0.2, 0.25) is 6.29 Å². The van der Waals surface area contributed by atoms with Crippen LogP contribution in [-0.4, -0.2) is 29.2 Å². The zero-order valence-electron chi connectivity index (χ0n) is 10.3. The summed E-state index contributed by atoms with van der Waals surface area (Å²) in [5.74, 6) is 0.510. The lowest BCUT2D eigenvalue weighted by atomic mass is 10.3. The Morgan fingerprint density at radius 2 is 1.89 bits per heavy atom. The minimum Gasteiger partial charge on any atom is -0.350 e. The minimum absolute atomic E-state index is 0.510. The van der Waals surface area contributed by atoms with Crippen molar-refractivity contribution < 1.29 is 9.47 Å². The fraction of sp³-hybridized carbons (Fsp3) is 0.250. The maximum Gasteiger partial charge on any atom is 0.200 e. The van der Waals surface area contributed by atoms with Gasteiger partial charge < -0.3 is 9.47 Å². The molecule has 7 heteroatoms. The summed E-state index contributed by atoms with van der Waals surface area (Å²) in [6.07, 6.45) is 2.83. The molecule has 0 saturated heterocycles. The molecule has 0 aliphatic carbocycles. The summed E-state index contributed by atoms with van der Waals surface area (Å²) in [7, 11) is 3.12. The molecule has 0 aliphatic heterocycles. The molecule has 0 bridgehead atoms. The first-order chi connectivity index (χ1) is 9.15. The number of hydrogen-bond donors (Lipinski definition) is 0. The molecule has 0 aliphatic rings. The van der Waals surface area contributed by atoms with E-state index in [1.54, 1.807) is 32.7 Å². The molecule has 2 rings (SSSR count). The topological polar surface area (TPSA) is 57.1 Å². The first-order valence-electron chi connectivity index (χ1n) is 5.35. The molecule has 0 aromatic carbocycles. The molecule has 0 saturated carbocycles. The van der Waals surface area contributed by atoms with Crippen LogP contribution < -0.4 is 0 Å². The van der Waals surface area contributed by atoms with Crippen molar-refractivity contribution in [3.05, 3.63) is 39.2 Å². The van der Waals surface area contributed by atoms with E-state index in [4.69, 9.17) is 9.47 Å². The molecule has 5 nitrogen and oxygen atoms in total. The third-order valence-electron chi connectivity index (χ3n) is 2.37. The van der Waals surface area contributed by atoms with Crippen LogP contribution in [0.3, 0.4) is 0 Å². The van der Waals surface area contributed by atoms with E-state index in [2.05, 4.69) is 46.8 Å². The van der Waals surface area contributed by atoms with Gasteiger partial charge in [0.05, 0.1) is 0 Å². The number of ether oxygens (including phenoxy) is 2. The van der Waals surface area contributed by atoms with Crippen LogP contribution in [0.4, 0.5) is 0 Å². The third kappa shape index (κ3) is 3.36.